The molecule has 0 amide bonds. The minimum atomic E-state index is 0.0148. The van der Waals surface area contributed by atoms with Crippen molar-refractivity contribution in [1.82, 2.24) is 5.32 Å². The van der Waals surface area contributed by atoms with Crippen molar-refractivity contribution >= 4 is 0 Å². The summed E-state index contributed by atoms with van der Waals surface area (Å²) in [5, 5.41) is 3.39. The third-order valence-electron chi connectivity index (χ3n) is 3.62. The van der Waals surface area contributed by atoms with Crippen LogP contribution in [-0.4, -0.2) is 31.9 Å². The highest BCUT2D eigenvalue weighted by atomic mass is 16.6. The normalized spacial score (nSPS) is 22.9. The molecule has 1 N–H and O–H groups in total. The van der Waals surface area contributed by atoms with Crippen molar-refractivity contribution in [2.24, 2.45) is 0 Å². The molecule has 1 heterocycles. The SMILES string of the molecule is COC(CNC(C)C)c1ccc2c(c1)OC(C)C(C)O2. The fourth-order valence-electron chi connectivity index (χ4n) is 2.19. The molecule has 1 aliphatic rings. The van der Waals surface area contributed by atoms with E-state index in [1.807, 2.05) is 32.0 Å². The fourth-order valence-corrected chi connectivity index (χ4v) is 2.19. The first-order valence-electron chi connectivity index (χ1n) is 7.24. The molecule has 1 aromatic rings. The molecule has 0 saturated heterocycles. The summed E-state index contributed by atoms with van der Waals surface area (Å²) in [6.07, 6.45) is 0.155. The average molecular weight is 279 g/mol. The number of rotatable bonds is 5. The molecule has 3 unspecified atom stereocenters. The van der Waals surface area contributed by atoms with Gasteiger partial charge in [-0.05, 0) is 31.5 Å². The van der Waals surface area contributed by atoms with E-state index in [1.165, 1.54) is 0 Å². The standard InChI is InChI=1S/C16H25NO3/c1-10(2)17-9-16(18-5)13-6-7-14-15(8-13)20-12(4)11(3)19-14/h6-8,10-12,16-17H,9H2,1-5H3. The molecule has 0 bridgehead atoms. The van der Waals surface area contributed by atoms with Gasteiger partial charge in [0.2, 0.25) is 0 Å². The Bertz CT molecular complexity index is 447. The Balaban J connectivity index is 2.15. The highest BCUT2D eigenvalue weighted by Gasteiger charge is 2.25. The average Bonchev–Trinajstić information content (AvgIpc) is 2.40. The third-order valence-corrected chi connectivity index (χ3v) is 3.62. The third kappa shape index (κ3) is 3.44. The van der Waals surface area contributed by atoms with Gasteiger partial charge in [0.05, 0.1) is 6.10 Å². The molecule has 2 rings (SSSR count). The molecule has 3 atom stereocenters. The molecule has 0 radical (unpaired) electrons. The summed E-state index contributed by atoms with van der Waals surface area (Å²) in [5.74, 6) is 1.62. The second kappa shape index (κ2) is 6.46. The van der Waals surface area contributed by atoms with E-state index in [1.54, 1.807) is 7.11 Å². The lowest BCUT2D eigenvalue weighted by atomic mass is 10.1. The number of fused-ring (bicyclic) bond motifs is 1. The smallest absolute Gasteiger partial charge is 0.162 e. The van der Waals surface area contributed by atoms with Crippen LogP contribution in [0.25, 0.3) is 0 Å². The topological polar surface area (TPSA) is 39.7 Å². The Morgan fingerprint density at radius 2 is 1.80 bits per heavy atom. The molecule has 112 valence electrons. The lowest BCUT2D eigenvalue weighted by molar-refractivity contribution is 0.0420. The van der Waals surface area contributed by atoms with E-state index < -0.39 is 0 Å². The maximum atomic E-state index is 5.90. The molecule has 0 aromatic heterocycles. The van der Waals surface area contributed by atoms with Crippen molar-refractivity contribution in [3.8, 4) is 11.5 Å². The molecular formula is C16H25NO3. The van der Waals surface area contributed by atoms with Crippen molar-refractivity contribution in [3.05, 3.63) is 23.8 Å². The molecule has 0 fully saturated rings. The van der Waals surface area contributed by atoms with Gasteiger partial charge < -0.3 is 19.5 Å². The zero-order chi connectivity index (χ0) is 14.7. The van der Waals surface area contributed by atoms with Gasteiger partial charge in [-0.15, -0.1) is 0 Å². The molecule has 4 heteroatoms. The number of methoxy groups -OCH3 is 1. The molecule has 1 aromatic carbocycles. The van der Waals surface area contributed by atoms with Gasteiger partial charge in [0.1, 0.15) is 12.2 Å². The van der Waals surface area contributed by atoms with Crippen molar-refractivity contribution in [3.63, 3.8) is 0 Å². The largest absolute Gasteiger partial charge is 0.483 e. The van der Waals surface area contributed by atoms with Crippen LogP contribution in [0, 0.1) is 0 Å². The van der Waals surface area contributed by atoms with Gasteiger partial charge in [0.15, 0.2) is 11.5 Å². The van der Waals surface area contributed by atoms with Crippen molar-refractivity contribution < 1.29 is 14.2 Å². The molecule has 0 spiro atoms. The molecule has 0 aliphatic carbocycles. The summed E-state index contributed by atoms with van der Waals surface area (Å²) in [4.78, 5) is 0. The molecule has 20 heavy (non-hydrogen) atoms. The van der Waals surface area contributed by atoms with E-state index in [9.17, 15) is 0 Å². The highest BCUT2D eigenvalue weighted by molar-refractivity contribution is 5.45. The van der Waals surface area contributed by atoms with Crippen LogP contribution in [0.4, 0.5) is 0 Å². The predicted molar refractivity (Wildman–Crippen MR) is 79.5 cm³/mol. The number of hydrogen-bond acceptors (Lipinski definition) is 4. The maximum Gasteiger partial charge on any atom is 0.162 e. The molecular weight excluding hydrogens is 254 g/mol. The number of hydrogen-bond donors (Lipinski definition) is 1. The van der Waals surface area contributed by atoms with Gasteiger partial charge in [0.25, 0.3) is 0 Å². The first-order chi connectivity index (χ1) is 9.51. The van der Waals surface area contributed by atoms with Crippen molar-refractivity contribution in [1.29, 1.82) is 0 Å². The van der Waals surface area contributed by atoms with Gasteiger partial charge >= 0.3 is 0 Å². The number of benzene rings is 1. The van der Waals surface area contributed by atoms with Crippen LogP contribution in [0.15, 0.2) is 18.2 Å². The second-order valence-corrected chi connectivity index (χ2v) is 5.64. The summed E-state index contributed by atoms with van der Waals surface area (Å²) in [6.45, 7) is 9.07. The van der Waals surface area contributed by atoms with Crippen molar-refractivity contribution in [2.75, 3.05) is 13.7 Å². The Morgan fingerprint density at radius 3 is 2.40 bits per heavy atom. The first kappa shape index (κ1) is 15.1. The van der Waals surface area contributed by atoms with E-state index in [4.69, 9.17) is 14.2 Å². The predicted octanol–water partition coefficient (Wildman–Crippen LogP) is 2.92. The molecule has 4 nitrogen and oxygen atoms in total. The van der Waals surface area contributed by atoms with E-state index in [0.29, 0.717) is 6.04 Å². The van der Waals surface area contributed by atoms with Crippen LogP contribution in [-0.2, 0) is 4.74 Å². The van der Waals surface area contributed by atoms with Crippen LogP contribution in [0.3, 0.4) is 0 Å². The zero-order valence-electron chi connectivity index (χ0n) is 13.0. The van der Waals surface area contributed by atoms with Gasteiger partial charge in [-0.25, -0.2) is 0 Å². The van der Waals surface area contributed by atoms with Gasteiger partial charge in [0, 0.05) is 19.7 Å². The lowest BCUT2D eigenvalue weighted by Crippen LogP contribution is -2.35. The Kier molecular flexibility index (Phi) is 4.89. The minimum absolute atomic E-state index is 0.0148. The first-order valence-corrected chi connectivity index (χ1v) is 7.24. The van der Waals surface area contributed by atoms with E-state index in [0.717, 1.165) is 23.6 Å². The van der Waals surface area contributed by atoms with Gasteiger partial charge in [-0.3, -0.25) is 0 Å². The van der Waals surface area contributed by atoms with Gasteiger partial charge in [-0.2, -0.15) is 0 Å². The van der Waals surface area contributed by atoms with Crippen LogP contribution in [0.1, 0.15) is 39.4 Å². The van der Waals surface area contributed by atoms with E-state index in [-0.39, 0.29) is 18.3 Å². The number of nitrogens with one attached hydrogen (secondary N) is 1. The summed E-state index contributed by atoms with van der Waals surface area (Å²) in [5.41, 5.74) is 1.10. The van der Waals surface area contributed by atoms with Gasteiger partial charge in [-0.1, -0.05) is 19.9 Å². The minimum Gasteiger partial charge on any atom is -0.483 e. The lowest BCUT2D eigenvalue weighted by Gasteiger charge is -2.30. The van der Waals surface area contributed by atoms with Crippen LogP contribution < -0.4 is 14.8 Å². The number of ether oxygens (including phenoxy) is 3. The molecule has 0 saturated carbocycles. The zero-order valence-corrected chi connectivity index (χ0v) is 13.0. The van der Waals surface area contributed by atoms with Crippen molar-refractivity contribution in [2.45, 2.75) is 52.0 Å². The summed E-state index contributed by atoms with van der Waals surface area (Å²) in [7, 11) is 1.73. The Labute approximate surface area is 121 Å². The van der Waals surface area contributed by atoms with Crippen LogP contribution >= 0.6 is 0 Å². The van der Waals surface area contributed by atoms with E-state index in [2.05, 4.69) is 19.2 Å². The second-order valence-electron chi connectivity index (χ2n) is 5.64. The highest BCUT2D eigenvalue weighted by Crippen LogP contribution is 2.36. The monoisotopic (exact) mass is 279 g/mol. The van der Waals surface area contributed by atoms with Crippen LogP contribution in [0.2, 0.25) is 0 Å². The maximum absolute atomic E-state index is 5.90. The Morgan fingerprint density at radius 1 is 1.15 bits per heavy atom. The summed E-state index contributed by atoms with van der Waals surface area (Å²) < 4.78 is 17.3. The van der Waals surface area contributed by atoms with Crippen LogP contribution in [0.5, 0.6) is 11.5 Å². The molecule has 1 aliphatic heterocycles. The Hall–Kier alpha value is -1.26. The quantitative estimate of drug-likeness (QED) is 0.899. The van der Waals surface area contributed by atoms with E-state index >= 15 is 0 Å². The fraction of sp³-hybridized carbons (Fsp3) is 0.625. The summed E-state index contributed by atoms with van der Waals surface area (Å²) in [6, 6.07) is 6.47. The summed E-state index contributed by atoms with van der Waals surface area (Å²) >= 11 is 0.